The molecule has 0 amide bonds. The zero-order valence-electron chi connectivity index (χ0n) is 23.8. The lowest BCUT2D eigenvalue weighted by Crippen LogP contribution is -2.13. The minimum absolute atomic E-state index is 0.0390. The van der Waals surface area contributed by atoms with Gasteiger partial charge in [0.25, 0.3) is 0 Å². The molecule has 3 aromatic rings. The Morgan fingerprint density at radius 2 is 1.75 bits per heavy atom. The molecule has 7 heteroatoms. The fourth-order valence-electron chi connectivity index (χ4n) is 6.89. The van der Waals surface area contributed by atoms with Crippen LogP contribution in [0.1, 0.15) is 94.1 Å². The largest absolute Gasteiger partial charge is 0.481 e. The first-order valence-corrected chi connectivity index (χ1v) is 14.1. The molecule has 206 valence electrons. The topological polar surface area (TPSA) is 114 Å². The molecule has 8 bridgehead atoms. The summed E-state index contributed by atoms with van der Waals surface area (Å²) in [6.07, 6.45) is 10.0. The molecular weight excluding hydrogens is 500 g/mol. The summed E-state index contributed by atoms with van der Waals surface area (Å²) in [5.74, 6) is -0.695. The number of H-pyrrole nitrogens is 3. The first-order chi connectivity index (χ1) is 19.1. The summed E-state index contributed by atoms with van der Waals surface area (Å²) in [6.45, 7) is 14.6. The maximum absolute atomic E-state index is 13.4. The van der Waals surface area contributed by atoms with Gasteiger partial charge in [-0.25, -0.2) is 0 Å². The van der Waals surface area contributed by atoms with E-state index >= 15 is 0 Å². The Hall–Kier alpha value is -4.26. The number of aromatic nitrogens is 3. The molecule has 1 fully saturated rings. The van der Waals surface area contributed by atoms with Gasteiger partial charge in [-0.05, 0) is 74.1 Å². The fourth-order valence-corrected chi connectivity index (χ4v) is 6.89. The van der Waals surface area contributed by atoms with Crippen molar-refractivity contribution in [3.8, 4) is 0 Å². The molecule has 0 saturated carbocycles. The highest BCUT2D eigenvalue weighted by atomic mass is 16.4. The number of hydrogen-bond acceptors (Lipinski definition) is 3. The van der Waals surface area contributed by atoms with E-state index in [0.29, 0.717) is 12.8 Å². The van der Waals surface area contributed by atoms with E-state index < -0.39 is 5.97 Å². The molecule has 6 rings (SSSR count). The van der Waals surface area contributed by atoms with Crippen LogP contribution < -0.4 is 16.0 Å². The van der Waals surface area contributed by atoms with E-state index in [4.69, 9.17) is 0 Å². The number of fused-ring (bicyclic) bond motifs is 7. The van der Waals surface area contributed by atoms with E-state index in [2.05, 4.69) is 72.8 Å². The van der Waals surface area contributed by atoms with Crippen LogP contribution in [0.3, 0.4) is 0 Å². The van der Waals surface area contributed by atoms with Crippen LogP contribution >= 0.6 is 0 Å². The number of hydrogen-bond donors (Lipinski definition) is 5. The number of rotatable bonds is 5. The Bertz CT molecular complexity index is 1800. The Balaban J connectivity index is 1.69. The van der Waals surface area contributed by atoms with Gasteiger partial charge in [-0.3, -0.25) is 9.59 Å². The van der Waals surface area contributed by atoms with Crippen molar-refractivity contribution in [1.82, 2.24) is 20.3 Å². The maximum atomic E-state index is 13.4. The highest BCUT2D eigenvalue weighted by Crippen LogP contribution is 2.45. The number of aliphatic carboxylic acids is 1. The third-order valence-corrected chi connectivity index (χ3v) is 9.20. The molecule has 2 aliphatic heterocycles. The van der Waals surface area contributed by atoms with Gasteiger partial charge in [0, 0.05) is 80.6 Å². The zero-order chi connectivity index (χ0) is 28.5. The van der Waals surface area contributed by atoms with Crippen LogP contribution in [-0.2, 0) is 11.2 Å². The van der Waals surface area contributed by atoms with Crippen molar-refractivity contribution in [2.75, 3.05) is 0 Å². The molecule has 7 nitrogen and oxygen atoms in total. The lowest BCUT2D eigenvalue weighted by Gasteiger charge is -2.16. The van der Waals surface area contributed by atoms with Crippen molar-refractivity contribution in [3.05, 3.63) is 84.8 Å². The van der Waals surface area contributed by atoms with Gasteiger partial charge in [0.15, 0.2) is 5.78 Å². The average molecular weight is 537 g/mol. The third-order valence-electron chi connectivity index (χ3n) is 9.20. The molecule has 0 aromatic carbocycles. The van der Waals surface area contributed by atoms with Crippen molar-refractivity contribution < 1.29 is 14.7 Å². The van der Waals surface area contributed by atoms with Crippen LogP contribution in [0, 0.1) is 32.6 Å². The fraction of sp³-hybridized carbons (Fsp3) is 0.333. The molecule has 1 saturated heterocycles. The van der Waals surface area contributed by atoms with E-state index in [1.807, 2.05) is 13.0 Å². The number of carboxylic acids is 1. The number of aromatic amines is 3. The van der Waals surface area contributed by atoms with Crippen LogP contribution in [0.4, 0.5) is 0 Å². The Kier molecular flexibility index (Phi) is 6.13. The lowest BCUT2D eigenvalue weighted by atomic mass is 9.86. The van der Waals surface area contributed by atoms with Crippen molar-refractivity contribution in [3.63, 3.8) is 0 Å². The molecule has 40 heavy (non-hydrogen) atoms. The summed E-state index contributed by atoms with van der Waals surface area (Å²) in [5, 5.41) is 15.2. The molecule has 3 aromatic heterocycles. The van der Waals surface area contributed by atoms with Crippen LogP contribution in [0.5, 0.6) is 0 Å². The lowest BCUT2D eigenvalue weighted by molar-refractivity contribution is -0.137. The van der Waals surface area contributed by atoms with Crippen LogP contribution in [0.25, 0.3) is 29.9 Å². The smallest absolute Gasteiger partial charge is 0.303 e. The molecule has 2 atom stereocenters. The van der Waals surface area contributed by atoms with Gasteiger partial charge in [0.05, 0.1) is 5.69 Å². The molecule has 1 aliphatic carbocycles. The Morgan fingerprint density at radius 3 is 2.45 bits per heavy atom. The summed E-state index contributed by atoms with van der Waals surface area (Å²) in [7, 11) is 0. The highest BCUT2D eigenvalue weighted by Gasteiger charge is 2.39. The predicted molar refractivity (Wildman–Crippen MR) is 159 cm³/mol. The molecule has 1 unspecified atom stereocenters. The third kappa shape index (κ3) is 3.86. The minimum Gasteiger partial charge on any atom is -0.481 e. The second-order valence-electron chi connectivity index (χ2n) is 11.4. The summed E-state index contributed by atoms with van der Waals surface area (Å²) in [6, 6.07) is 0. The van der Waals surface area contributed by atoms with Gasteiger partial charge in [-0.1, -0.05) is 26.5 Å². The van der Waals surface area contributed by atoms with Crippen molar-refractivity contribution in [2.24, 2.45) is 11.8 Å². The van der Waals surface area contributed by atoms with Crippen molar-refractivity contribution >= 4 is 41.6 Å². The van der Waals surface area contributed by atoms with Gasteiger partial charge < -0.3 is 25.4 Å². The Morgan fingerprint density at radius 1 is 1.02 bits per heavy atom. The normalized spacial score (nSPS) is 19.3. The number of carbonyl (C=O) groups excluding carboxylic acids is 1. The van der Waals surface area contributed by atoms with E-state index in [1.54, 1.807) is 0 Å². The summed E-state index contributed by atoms with van der Waals surface area (Å²) >= 11 is 0. The zero-order valence-corrected chi connectivity index (χ0v) is 23.8. The van der Waals surface area contributed by atoms with Crippen molar-refractivity contribution in [2.45, 2.75) is 60.3 Å². The van der Waals surface area contributed by atoms with Gasteiger partial charge in [0.2, 0.25) is 0 Å². The molecule has 0 radical (unpaired) electrons. The quantitative estimate of drug-likeness (QED) is 0.321. The van der Waals surface area contributed by atoms with E-state index in [-0.39, 0.29) is 24.0 Å². The van der Waals surface area contributed by atoms with E-state index in [1.165, 1.54) is 11.1 Å². The van der Waals surface area contributed by atoms with E-state index in [9.17, 15) is 14.7 Å². The first kappa shape index (κ1) is 26.0. The van der Waals surface area contributed by atoms with Gasteiger partial charge in [-0.2, -0.15) is 0 Å². The van der Waals surface area contributed by atoms with Crippen LogP contribution in [0.15, 0.2) is 18.0 Å². The standard InChI is InChI=1S/C33H36N4O3/c1-7-19-15(3)23-12-25-17(5)21(9-10-30(39)40)32(36-25)22-11-29(38)31-18(6)26(37-33(22)31)14-28-20(8-2)16(4)24(35-28)13-27(19)34-23/h7,12-14,17,21,34-37H,1,8-11H2,2-6H3,(H,39,40)/t17-,21?/m0/s1. The number of Topliss-reactive ketones (excluding diaryl/α,β-unsaturated/α-hetero) is 1. The molecule has 3 aliphatic rings. The van der Waals surface area contributed by atoms with Gasteiger partial charge in [0.1, 0.15) is 0 Å². The van der Waals surface area contributed by atoms with Crippen LogP contribution in [-0.4, -0.2) is 31.8 Å². The molecule has 5 N–H and O–H groups in total. The van der Waals surface area contributed by atoms with Crippen molar-refractivity contribution in [1.29, 1.82) is 0 Å². The van der Waals surface area contributed by atoms with Gasteiger partial charge in [-0.15, -0.1) is 0 Å². The number of carboxylic acid groups (broad SMARTS) is 1. The number of allylic oxidation sites excluding steroid dienone is 3. The summed E-state index contributed by atoms with van der Waals surface area (Å²) < 4.78 is 0. The first-order valence-electron chi connectivity index (χ1n) is 14.1. The maximum Gasteiger partial charge on any atom is 0.303 e. The summed E-state index contributed by atoms with van der Waals surface area (Å²) in [4.78, 5) is 35.8. The Labute approximate surface area is 233 Å². The minimum atomic E-state index is -0.814. The molecule has 5 heterocycles. The molecule has 0 spiro atoms. The highest BCUT2D eigenvalue weighted by molar-refractivity contribution is 6.13. The number of carbonyl (C=O) groups is 2. The number of ketones is 1. The second kappa shape index (κ2) is 9.44. The van der Waals surface area contributed by atoms with Gasteiger partial charge >= 0.3 is 5.97 Å². The summed E-state index contributed by atoms with van der Waals surface area (Å²) in [5.41, 5.74) is 13.0. The predicted octanol–water partition coefficient (Wildman–Crippen LogP) is 4.83. The van der Waals surface area contributed by atoms with Crippen LogP contribution in [0.2, 0.25) is 0 Å². The monoisotopic (exact) mass is 536 g/mol. The number of nitrogens with one attached hydrogen (secondary N) is 4. The SMILES string of the molecule is C=Cc1c2[nH]c(c1C)C=C1NC(=C3CC(=O)c4c3[nH]c(c4C)C=c3[nH]c(c(C)c3CC)=C2)C(CCC(=O)O)[C@@H]1C. The van der Waals surface area contributed by atoms with E-state index in [0.717, 1.165) is 79.1 Å². The second-order valence-corrected chi connectivity index (χ2v) is 11.4. The average Bonchev–Trinajstić information content (AvgIpc) is 3.65. The molecular formula is C33H36N4O3.